The number of halogens is 1. The average Bonchev–Trinajstić information content (AvgIpc) is 2.90. The molecular weight excluding hydrogens is 308 g/mol. The van der Waals surface area contributed by atoms with Crippen LogP contribution in [0.25, 0.3) is 0 Å². The van der Waals surface area contributed by atoms with Crippen molar-refractivity contribution < 1.29 is 14.1 Å². The molecule has 1 atom stereocenters. The van der Waals surface area contributed by atoms with E-state index in [2.05, 4.69) is 10.5 Å². The summed E-state index contributed by atoms with van der Waals surface area (Å²) in [5, 5.41) is 6.49. The van der Waals surface area contributed by atoms with Crippen LogP contribution in [0.2, 0.25) is 0 Å². The van der Waals surface area contributed by atoms with E-state index in [1.807, 2.05) is 6.92 Å². The minimum atomic E-state index is -0.159. The number of rotatable bonds is 4. The fourth-order valence-electron chi connectivity index (χ4n) is 2.43. The highest BCUT2D eigenvalue weighted by Gasteiger charge is 2.29. The predicted octanol–water partition coefficient (Wildman–Crippen LogP) is 1.18. The second kappa shape index (κ2) is 8.14. The molecule has 0 spiro atoms. The van der Waals surface area contributed by atoms with Gasteiger partial charge in [-0.15, -0.1) is 12.4 Å². The lowest BCUT2D eigenvalue weighted by Gasteiger charge is -2.32. The maximum Gasteiger partial charge on any atom is 0.228 e. The molecular formula is C14H23ClN4O3. The van der Waals surface area contributed by atoms with Gasteiger partial charge in [-0.1, -0.05) is 12.1 Å². The van der Waals surface area contributed by atoms with Gasteiger partial charge in [-0.25, -0.2) is 0 Å². The van der Waals surface area contributed by atoms with Gasteiger partial charge in [0.1, 0.15) is 5.76 Å². The Labute approximate surface area is 136 Å². The summed E-state index contributed by atoms with van der Waals surface area (Å²) in [5.41, 5.74) is 5.52. The van der Waals surface area contributed by atoms with E-state index < -0.39 is 0 Å². The Hall–Kier alpha value is -1.60. The molecule has 1 saturated heterocycles. The van der Waals surface area contributed by atoms with Crippen LogP contribution >= 0.6 is 12.4 Å². The minimum absolute atomic E-state index is 0. The summed E-state index contributed by atoms with van der Waals surface area (Å²) in [5.74, 6) is 0.840. The van der Waals surface area contributed by atoms with Crippen LogP contribution in [0.1, 0.15) is 25.5 Å². The zero-order valence-corrected chi connectivity index (χ0v) is 13.7. The third kappa shape index (κ3) is 4.45. The van der Waals surface area contributed by atoms with Gasteiger partial charge in [0.25, 0.3) is 0 Å². The van der Waals surface area contributed by atoms with Crippen molar-refractivity contribution in [2.75, 3.05) is 25.0 Å². The second-order valence-electron chi connectivity index (χ2n) is 5.55. The van der Waals surface area contributed by atoms with Gasteiger partial charge in [-0.3, -0.25) is 9.59 Å². The van der Waals surface area contributed by atoms with E-state index in [0.717, 1.165) is 0 Å². The fraction of sp³-hybridized carbons (Fsp3) is 0.643. The van der Waals surface area contributed by atoms with Gasteiger partial charge in [0, 0.05) is 37.5 Å². The van der Waals surface area contributed by atoms with Crippen molar-refractivity contribution in [3.05, 3.63) is 11.8 Å². The van der Waals surface area contributed by atoms with Crippen molar-refractivity contribution in [1.29, 1.82) is 0 Å². The largest absolute Gasteiger partial charge is 0.360 e. The molecule has 124 valence electrons. The van der Waals surface area contributed by atoms with E-state index in [-0.39, 0.29) is 36.1 Å². The molecule has 1 aromatic heterocycles. The Morgan fingerprint density at radius 2 is 2.14 bits per heavy atom. The molecule has 2 amide bonds. The molecule has 7 nitrogen and oxygen atoms in total. The van der Waals surface area contributed by atoms with Crippen LogP contribution in [0.15, 0.2) is 10.6 Å². The van der Waals surface area contributed by atoms with Crippen molar-refractivity contribution in [3.8, 4) is 0 Å². The molecule has 2 heterocycles. The molecule has 22 heavy (non-hydrogen) atoms. The lowest BCUT2D eigenvalue weighted by Crippen LogP contribution is -2.44. The molecule has 0 aromatic carbocycles. The summed E-state index contributed by atoms with van der Waals surface area (Å²) in [6.45, 7) is 5.14. The summed E-state index contributed by atoms with van der Waals surface area (Å²) in [6, 6.07) is 1.68. The van der Waals surface area contributed by atoms with Crippen molar-refractivity contribution in [3.63, 3.8) is 0 Å². The van der Waals surface area contributed by atoms with Crippen molar-refractivity contribution >= 4 is 30.0 Å². The molecule has 1 fully saturated rings. The van der Waals surface area contributed by atoms with Crippen molar-refractivity contribution in [2.24, 2.45) is 17.6 Å². The Morgan fingerprint density at radius 3 is 2.64 bits per heavy atom. The third-order valence-corrected chi connectivity index (χ3v) is 3.83. The Balaban J connectivity index is 0.00000242. The van der Waals surface area contributed by atoms with Crippen LogP contribution in [-0.2, 0) is 9.59 Å². The first-order valence-electron chi connectivity index (χ1n) is 7.24. The summed E-state index contributed by atoms with van der Waals surface area (Å²) in [7, 11) is 0. The number of piperidine rings is 1. The molecule has 1 aliphatic heterocycles. The number of amides is 2. The maximum atomic E-state index is 12.1. The number of likely N-dealkylation sites (tertiary alicyclic amines) is 1. The van der Waals surface area contributed by atoms with Gasteiger partial charge >= 0.3 is 0 Å². The van der Waals surface area contributed by atoms with Gasteiger partial charge in [0.2, 0.25) is 11.8 Å². The van der Waals surface area contributed by atoms with Crippen LogP contribution < -0.4 is 11.1 Å². The second-order valence-corrected chi connectivity index (χ2v) is 5.55. The molecule has 0 saturated carbocycles. The van der Waals surface area contributed by atoms with Gasteiger partial charge < -0.3 is 20.5 Å². The van der Waals surface area contributed by atoms with Crippen molar-refractivity contribution in [1.82, 2.24) is 10.1 Å². The summed E-state index contributed by atoms with van der Waals surface area (Å²) < 4.78 is 4.91. The summed E-state index contributed by atoms with van der Waals surface area (Å²) >= 11 is 0. The monoisotopic (exact) mass is 330 g/mol. The lowest BCUT2D eigenvalue weighted by atomic mass is 9.95. The molecule has 1 aliphatic rings. The molecule has 1 unspecified atom stereocenters. The highest BCUT2D eigenvalue weighted by molar-refractivity contribution is 5.91. The van der Waals surface area contributed by atoms with Gasteiger partial charge in [-0.2, -0.15) is 0 Å². The Bertz CT molecular complexity index is 512. The number of nitrogens with zero attached hydrogens (tertiary/aromatic N) is 2. The molecule has 0 aliphatic carbocycles. The van der Waals surface area contributed by atoms with Gasteiger partial charge in [-0.05, 0) is 19.8 Å². The number of aromatic nitrogens is 1. The average molecular weight is 331 g/mol. The molecule has 3 N–H and O–H groups in total. The number of hydrogen-bond acceptors (Lipinski definition) is 5. The molecule has 8 heteroatoms. The van der Waals surface area contributed by atoms with E-state index in [1.165, 1.54) is 0 Å². The first-order chi connectivity index (χ1) is 10.0. The SMILES string of the molecule is Cc1cc(NC(=O)C2CCN(C(=O)C(C)CN)CC2)no1.Cl. The van der Waals surface area contributed by atoms with E-state index in [9.17, 15) is 9.59 Å². The zero-order valence-electron chi connectivity index (χ0n) is 12.9. The number of carbonyl (C=O) groups is 2. The first-order valence-corrected chi connectivity index (χ1v) is 7.24. The van der Waals surface area contributed by atoms with Gasteiger partial charge in [0.05, 0.1) is 0 Å². The number of nitrogens with one attached hydrogen (secondary N) is 1. The highest BCUT2D eigenvalue weighted by Crippen LogP contribution is 2.20. The number of carbonyl (C=O) groups excluding carboxylic acids is 2. The fourth-order valence-corrected chi connectivity index (χ4v) is 2.43. The minimum Gasteiger partial charge on any atom is -0.360 e. The number of anilines is 1. The molecule has 2 rings (SSSR count). The number of aryl methyl sites for hydroxylation is 1. The number of hydrogen-bond donors (Lipinski definition) is 2. The predicted molar refractivity (Wildman–Crippen MR) is 84.6 cm³/mol. The maximum absolute atomic E-state index is 12.1. The van der Waals surface area contributed by atoms with E-state index in [1.54, 1.807) is 17.9 Å². The molecule has 1 aromatic rings. The Morgan fingerprint density at radius 1 is 1.50 bits per heavy atom. The Kier molecular flexibility index (Phi) is 6.83. The van der Waals surface area contributed by atoms with E-state index in [0.29, 0.717) is 44.1 Å². The van der Waals surface area contributed by atoms with Crippen LogP contribution in [0.4, 0.5) is 5.82 Å². The van der Waals surface area contributed by atoms with Crippen LogP contribution in [-0.4, -0.2) is 41.5 Å². The lowest BCUT2D eigenvalue weighted by molar-refractivity contribution is -0.137. The van der Waals surface area contributed by atoms with Crippen LogP contribution in [0.3, 0.4) is 0 Å². The zero-order chi connectivity index (χ0) is 15.4. The first kappa shape index (κ1) is 18.4. The van der Waals surface area contributed by atoms with Crippen LogP contribution in [0.5, 0.6) is 0 Å². The van der Waals surface area contributed by atoms with Crippen LogP contribution in [0, 0.1) is 18.8 Å². The highest BCUT2D eigenvalue weighted by atomic mass is 35.5. The third-order valence-electron chi connectivity index (χ3n) is 3.83. The summed E-state index contributed by atoms with van der Waals surface area (Å²) in [4.78, 5) is 25.9. The van der Waals surface area contributed by atoms with Gasteiger partial charge in [0.15, 0.2) is 5.82 Å². The van der Waals surface area contributed by atoms with E-state index in [4.69, 9.17) is 10.3 Å². The standard InChI is InChI=1S/C14H22N4O3.ClH/c1-9(8-15)14(20)18-5-3-11(4-6-18)13(19)16-12-7-10(2)21-17-12;/h7,9,11H,3-6,8,15H2,1-2H3,(H,16,17,19);1H. The number of nitrogens with two attached hydrogens (primary N) is 1. The topological polar surface area (TPSA) is 101 Å². The van der Waals surface area contributed by atoms with Crippen molar-refractivity contribution in [2.45, 2.75) is 26.7 Å². The van der Waals surface area contributed by atoms with E-state index >= 15 is 0 Å². The smallest absolute Gasteiger partial charge is 0.228 e. The quantitative estimate of drug-likeness (QED) is 0.863. The normalized spacial score (nSPS) is 16.8. The molecule has 0 radical (unpaired) electrons. The molecule has 0 bridgehead atoms. The summed E-state index contributed by atoms with van der Waals surface area (Å²) in [6.07, 6.45) is 1.32.